The second-order valence-electron chi connectivity index (χ2n) is 2.92. The predicted octanol–water partition coefficient (Wildman–Crippen LogP) is -1.87. The molecule has 0 aliphatic carbocycles. The number of carbonyl (C=O) groups is 2. The first-order chi connectivity index (χ1) is 6.61. The number of benzene rings is 1. The van der Waals surface area contributed by atoms with Crippen molar-refractivity contribution in [1.29, 1.82) is 0 Å². The Kier molecular flexibility index (Phi) is 7.04. The molecule has 76 valence electrons. The summed E-state index contributed by atoms with van der Waals surface area (Å²) in [6.45, 7) is 0. The van der Waals surface area contributed by atoms with E-state index in [4.69, 9.17) is 10.2 Å². The van der Waals surface area contributed by atoms with Gasteiger partial charge in [0.1, 0.15) is 0 Å². The van der Waals surface area contributed by atoms with Crippen molar-refractivity contribution in [2.75, 3.05) is 0 Å². The van der Waals surface area contributed by atoms with Gasteiger partial charge in [-0.05, 0) is 12.0 Å². The van der Waals surface area contributed by atoms with E-state index in [-0.39, 0.29) is 59.2 Å². The van der Waals surface area contributed by atoms with Gasteiger partial charge < -0.3 is 11.6 Å². The summed E-state index contributed by atoms with van der Waals surface area (Å²) in [6, 6.07) is 8.70. The van der Waals surface area contributed by atoms with Gasteiger partial charge in [-0.2, -0.15) is 0 Å². The molecule has 0 aromatic heterocycles. The summed E-state index contributed by atoms with van der Waals surface area (Å²) in [5.41, 5.74) is 0.710. The van der Waals surface area contributed by atoms with Gasteiger partial charge in [0, 0.05) is 0 Å². The van der Waals surface area contributed by atoms with Crippen molar-refractivity contribution < 1.29 is 72.6 Å². The third kappa shape index (κ3) is 4.90. The zero-order valence-corrected chi connectivity index (χ0v) is 11.5. The molecule has 0 heterocycles. The van der Waals surface area contributed by atoms with Gasteiger partial charge in [-0.25, -0.2) is 0 Å². The molecule has 0 saturated heterocycles. The molecule has 0 bridgehead atoms. The van der Waals surface area contributed by atoms with E-state index in [0.717, 1.165) is 0 Å². The van der Waals surface area contributed by atoms with Gasteiger partial charge in [0.05, 0.1) is 0 Å². The van der Waals surface area contributed by atoms with Gasteiger partial charge in [-0.3, -0.25) is 9.59 Å². The fraction of sp³-hybridized carbons (Fsp3) is 0.200. The summed E-state index contributed by atoms with van der Waals surface area (Å²) in [6.07, 6.45) is 0.0194. The Labute approximate surface area is 131 Å². The molecule has 0 unspecified atom stereocenters. The molecular weight excluding hydrogens is 223 g/mol. The normalized spacial score (nSPS) is 9.40. The maximum Gasteiger partial charge on any atom is 1.00 e. The van der Waals surface area contributed by atoms with E-state index in [1.54, 1.807) is 30.3 Å². The van der Waals surface area contributed by atoms with E-state index in [1.165, 1.54) is 0 Å². The summed E-state index contributed by atoms with van der Waals surface area (Å²) in [4.78, 5) is 21.1. The maximum atomic E-state index is 10.6. The van der Waals surface area contributed by atoms with Crippen molar-refractivity contribution >= 4 is 11.9 Å². The topological polar surface area (TPSA) is 74.6 Å². The van der Waals surface area contributed by atoms with Crippen molar-refractivity contribution in [3.05, 3.63) is 35.9 Å². The van der Waals surface area contributed by atoms with Gasteiger partial charge >= 0.3 is 63.3 Å². The minimum absolute atomic E-state index is 0. The zero-order valence-electron chi connectivity index (χ0n) is 9.38. The van der Waals surface area contributed by atoms with E-state index in [1.807, 2.05) is 0 Å². The number of hydrogen-bond acceptors (Lipinski definition) is 2. The Hall–Kier alpha value is -0.204. The third-order valence-corrected chi connectivity index (χ3v) is 1.88. The molecule has 4 nitrogen and oxygen atoms in total. The van der Waals surface area contributed by atoms with Crippen LogP contribution >= 0.6 is 0 Å². The molecule has 15 heavy (non-hydrogen) atoms. The van der Waals surface area contributed by atoms with Crippen LogP contribution in [-0.4, -0.2) is 22.2 Å². The standard InChI is InChI=1S/C10H10O4.K.H/c11-9(12)8(10(13)14)6-7-4-2-1-3-5-7;;/h1-5,8H,6H2,(H,11,12)(H,13,14);;/q;+1;-1. The number of carboxylic acids is 2. The van der Waals surface area contributed by atoms with Crippen LogP contribution in [0.2, 0.25) is 0 Å². The Morgan fingerprint density at radius 3 is 2.00 bits per heavy atom. The van der Waals surface area contributed by atoms with Crippen LogP contribution < -0.4 is 51.4 Å². The van der Waals surface area contributed by atoms with Crippen molar-refractivity contribution in [1.82, 2.24) is 0 Å². The van der Waals surface area contributed by atoms with Crippen LogP contribution in [-0.2, 0) is 16.0 Å². The van der Waals surface area contributed by atoms with Crippen LogP contribution in [0.15, 0.2) is 30.3 Å². The molecule has 0 spiro atoms. The number of hydrogen-bond donors (Lipinski definition) is 2. The van der Waals surface area contributed by atoms with Crippen molar-refractivity contribution in [3.63, 3.8) is 0 Å². The van der Waals surface area contributed by atoms with E-state index in [0.29, 0.717) is 5.56 Å². The second kappa shape index (κ2) is 7.13. The molecule has 0 atom stereocenters. The first kappa shape index (κ1) is 14.8. The van der Waals surface area contributed by atoms with Crippen LogP contribution in [0.25, 0.3) is 0 Å². The molecule has 1 rings (SSSR count). The molecule has 0 aliphatic rings. The molecule has 0 amide bonds. The van der Waals surface area contributed by atoms with Gasteiger partial charge in [0.2, 0.25) is 0 Å². The summed E-state index contributed by atoms with van der Waals surface area (Å²) < 4.78 is 0. The number of aliphatic carboxylic acids is 2. The van der Waals surface area contributed by atoms with Crippen molar-refractivity contribution in [2.24, 2.45) is 5.92 Å². The fourth-order valence-corrected chi connectivity index (χ4v) is 1.13. The first-order valence-corrected chi connectivity index (χ1v) is 4.11. The molecule has 5 heteroatoms. The minimum Gasteiger partial charge on any atom is -1.00 e. The van der Waals surface area contributed by atoms with Gasteiger partial charge in [-0.1, -0.05) is 30.3 Å². The summed E-state index contributed by atoms with van der Waals surface area (Å²) >= 11 is 0. The van der Waals surface area contributed by atoms with Crippen LogP contribution in [0, 0.1) is 5.92 Å². The van der Waals surface area contributed by atoms with E-state index >= 15 is 0 Å². The van der Waals surface area contributed by atoms with Crippen molar-refractivity contribution in [3.8, 4) is 0 Å². The Morgan fingerprint density at radius 1 is 1.13 bits per heavy atom. The van der Waals surface area contributed by atoms with Crippen LogP contribution in [0.4, 0.5) is 0 Å². The van der Waals surface area contributed by atoms with Gasteiger partial charge in [0.25, 0.3) is 0 Å². The Balaban J connectivity index is 0. The number of rotatable bonds is 4. The smallest absolute Gasteiger partial charge is 1.00 e. The summed E-state index contributed by atoms with van der Waals surface area (Å²) in [7, 11) is 0. The fourth-order valence-electron chi connectivity index (χ4n) is 1.13. The molecule has 0 fully saturated rings. The predicted molar refractivity (Wildman–Crippen MR) is 50.0 cm³/mol. The zero-order chi connectivity index (χ0) is 10.6. The van der Waals surface area contributed by atoms with Crippen LogP contribution in [0.5, 0.6) is 0 Å². The SMILES string of the molecule is O=C(O)C(Cc1ccccc1)C(=O)O.[H-].[K+]. The first-order valence-electron chi connectivity index (χ1n) is 4.11. The molecular formula is C10H11KO4. The molecule has 2 N–H and O–H groups in total. The second-order valence-corrected chi connectivity index (χ2v) is 2.92. The Bertz CT molecular complexity index is 328. The number of carboxylic acid groups (broad SMARTS) is 2. The monoisotopic (exact) mass is 234 g/mol. The Morgan fingerprint density at radius 2 is 1.60 bits per heavy atom. The summed E-state index contributed by atoms with van der Waals surface area (Å²) in [5, 5.41) is 17.2. The minimum atomic E-state index is -1.36. The molecule has 1 aromatic rings. The molecule has 1 aromatic carbocycles. The molecule has 0 aliphatic heterocycles. The molecule has 0 saturated carbocycles. The van der Waals surface area contributed by atoms with E-state index < -0.39 is 17.9 Å². The third-order valence-electron chi connectivity index (χ3n) is 1.88. The largest absolute Gasteiger partial charge is 1.00 e. The van der Waals surface area contributed by atoms with E-state index in [9.17, 15) is 9.59 Å². The average molecular weight is 234 g/mol. The van der Waals surface area contributed by atoms with Crippen LogP contribution in [0.3, 0.4) is 0 Å². The summed E-state index contributed by atoms with van der Waals surface area (Å²) in [5.74, 6) is -3.97. The van der Waals surface area contributed by atoms with Gasteiger partial charge in [0.15, 0.2) is 5.92 Å². The average Bonchev–Trinajstić information content (AvgIpc) is 2.15. The van der Waals surface area contributed by atoms with Crippen LogP contribution in [0.1, 0.15) is 6.99 Å². The molecule has 0 radical (unpaired) electrons. The van der Waals surface area contributed by atoms with Gasteiger partial charge in [-0.15, -0.1) is 0 Å². The van der Waals surface area contributed by atoms with Crippen molar-refractivity contribution in [2.45, 2.75) is 6.42 Å². The van der Waals surface area contributed by atoms with E-state index in [2.05, 4.69) is 0 Å². The quantitative estimate of drug-likeness (QED) is 0.473. The maximum absolute atomic E-state index is 10.6.